The number of rotatable bonds is 2. The minimum absolute atomic E-state index is 0. The van der Waals surface area contributed by atoms with E-state index in [1.54, 1.807) is 6.07 Å². The summed E-state index contributed by atoms with van der Waals surface area (Å²) in [5.41, 5.74) is 0.982. The van der Waals surface area contributed by atoms with Gasteiger partial charge < -0.3 is 5.32 Å². The van der Waals surface area contributed by atoms with Crippen LogP contribution in [0.1, 0.15) is 12.5 Å². The highest BCUT2D eigenvalue weighted by atomic mass is 35.5. The van der Waals surface area contributed by atoms with E-state index in [9.17, 15) is 4.39 Å². The molecule has 1 aromatic rings. The number of hydrogen-bond acceptors (Lipinski definition) is 2. The molecule has 1 aliphatic heterocycles. The summed E-state index contributed by atoms with van der Waals surface area (Å²) in [6, 6.07) is 5.54. The van der Waals surface area contributed by atoms with Crippen LogP contribution in [0.4, 0.5) is 4.39 Å². The van der Waals surface area contributed by atoms with Crippen molar-refractivity contribution < 1.29 is 4.39 Å². The molecule has 1 fully saturated rings. The summed E-state index contributed by atoms with van der Waals surface area (Å²) in [5, 5.41) is 3.57. The van der Waals surface area contributed by atoms with Gasteiger partial charge in [0, 0.05) is 32.2 Å². The lowest BCUT2D eigenvalue weighted by Gasteiger charge is -2.31. The molecule has 17 heavy (non-hydrogen) atoms. The molecule has 1 unspecified atom stereocenters. The quantitative estimate of drug-likeness (QED) is 0.895. The molecule has 1 heterocycles. The van der Waals surface area contributed by atoms with Gasteiger partial charge in [0.25, 0.3) is 0 Å². The Bertz CT molecular complexity index is 374. The van der Waals surface area contributed by atoms with Crippen LogP contribution in [0.3, 0.4) is 0 Å². The molecule has 1 aromatic carbocycles. The maximum atomic E-state index is 13.2. The van der Waals surface area contributed by atoms with Gasteiger partial charge in [-0.05, 0) is 24.6 Å². The second-order valence-electron chi connectivity index (χ2n) is 4.34. The fourth-order valence-corrected chi connectivity index (χ4v) is 2.17. The fourth-order valence-electron chi connectivity index (χ4n) is 2.05. The van der Waals surface area contributed by atoms with Crippen LogP contribution >= 0.6 is 24.0 Å². The topological polar surface area (TPSA) is 15.3 Å². The molecule has 0 bridgehead atoms. The SMILES string of the molecule is CC1CN(Cc2ccc(Cl)c(F)c2)CCN1.Cl. The molecule has 2 nitrogen and oxygen atoms in total. The first-order chi connectivity index (χ1) is 7.65. The number of piperazine rings is 1. The number of halogens is 3. The molecular weight excluding hydrogens is 262 g/mol. The number of nitrogens with one attached hydrogen (secondary N) is 1. The van der Waals surface area contributed by atoms with E-state index in [-0.39, 0.29) is 23.2 Å². The summed E-state index contributed by atoms with van der Waals surface area (Å²) < 4.78 is 13.2. The standard InChI is InChI=1S/C12H16ClFN2.ClH/c1-9-7-16(5-4-15-9)8-10-2-3-11(13)12(14)6-10;/h2-3,6,9,15H,4-5,7-8H2,1H3;1H. The van der Waals surface area contributed by atoms with Gasteiger partial charge in [0.15, 0.2) is 0 Å². The van der Waals surface area contributed by atoms with E-state index in [4.69, 9.17) is 11.6 Å². The van der Waals surface area contributed by atoms with Crippen molar-refractivity contribution in [1.29, 1.82) is 0 Å². The van der Waals surface area contributed by atoms with E-state index >= 15 is 0 Å². The van der Waals surface area contributed by atoms with Gasteiger partial charge in [0.1, 0.15) is 5.82 Å². The lowest BCUT2D eigenvalue weighted by molar-refractivity contribution is 0.199. The summed E-state index contributed by atoms with van der Waals surface area (Å²) in [7, 11) is 0. The molecule has 0 aliphatic carbocycles. The van der Waals surface area contributed by atoms with Crippen LogP contribution in [-0.2, 0) is 6.54 Å². The van der Waals surface area contributed by atoms with E-state index in [1.807, 2.05) is 6.07 Å². The molecule has 0 aromatic heterocycles. The van der Waals surface area contributed by atoms with Gasteiger partial charge in [-0.3, -0.25) is 4.90 Å². The Labute approximate surface area is 113 Å². The molecule has 0 saturated carbocycles. The van der Waals surface area contributed by atoms with Crippen molar-refractivity contribution in [3.05, 3.63) is 34.6 Å². The van der Waals surface area contributed by atoms with Gasteiger partial charge in [-0.15, -0.1) is 12.4 Å². The van der Waals surface area contributed by atoms with Crippen molar-refractivity contribution in [3.63, 3.8) is 0 Å². The number of benzene rings is 1. The van der Waals surface area contributed by atoms with Crippen LogP contribution < -0.4 is 5.32 Å². The summed E-state index contributed by atoms with van der Waals surface area (Å²) >= 11 is 5.65. The third kappa shape index (κ3) is 4.11. The fraction of sp³-hybridized carbons (Fsp3) is 0.500. The molecule has 1 N–H and O–H groups in total. The Morgan fingerprint density at radius 3 is 2.94 bits per heavy atom. The Balaban J connectivity index is 0.00000144. The Hall–Kier alpha value is -0.350. The zero-order chi connectivity index (χ0) is 11.5. The van der Waals surface area contributed by atoms with Gasteiger partial charge >= 0.3 is 0 Å². The summed E-state index contributed by atoms with van der Waals surface area (Å²) in [6.45, 7) is 5.96. The highest BCUT2D eigenvalue weighted by Crippen LogP contribution is 2.17. The van der Waals surface area contributed by atoms with Crippen molar-refractivity contribution in [2.45, 2.75) is 19.5 Å². The lowest BCUT2D eigenvalue weighted by atomic mass is 10.1. The first-order valence-electron chi connectivity index (χ1n) is 5.55. The van der Waals surface area contributed by atoms with Crippen molar-refractivity contribution in [2.24, 2.45) is 0 Å². The molecule has 0 amide bonds. The molecule has 0 spiro atoms. The van der Waals surface area contributed by atoms with E-state index in [1.165, 1.54) is 6.07 Å². The molecule has 2 rings (SSSR count). The van der Waals surface area contributed by atoms with Gasteiger partial charge in [-0.2, -0.15) is 0 Å². The van der Waals surface area contributed by atoms with E-state index in [0.29, 0.717) is 6.04 Å². The van der Waals surface area contributed by atoms with Crippen LogP contribution in [0.2, 0.25) is 5.02 Å². The highest BCUT2D eigenvalue weighted by Gasteiger charge is 2.15. The van der Waals surface area contributed by atoms with Gasteiger partial charge in [0.05, 0.1) is 5.02 Å². The average molecular weight is 279 g/mol. The monoisotopic (exact) mass is 278 g/mol. The van der Waals surface area contributed by atoms with Gasteiger partial charge in [0.2, 0.25) is 0 Å². The first-order valence-corrected chi connectivity index (χ1v) is 5.92. The minimum Gasteiger partial charge on any atom is -0.312 e. The molecule has 0 radical (unpaired) electrons. The van der Waals surface area contributed by atoms with Crippen molar-refractivity contribution in [1.82, 2.24) is 10.2 Å². The summed E-state index contributed by atoms with van der Waals surface area (Å²) in [6.07, 6.45) is 0. The maximum absolute atomic E-state index is 13.2. The van der Waals surface area contributed by atoms with E-state index in [2.05, 4.69) is 17.1 Å². The molecule has 1 aliphatic rings. The average Bonchev–Trinajstić information content (AvgIpc) is 2.24. The predicted molar refractivity (Wildman–Crippen MR) is 71.4 cm³/mol. The zero-order valence-corrected chi connectivity index (χ0v) is 11.3. The zero-order valence-electron chi connectivity index (χ0n) is 9.75. The van der Waals surface area contributed by atoms with E-state index < -0.39 is 0 Å². The molecular formula is C12H17Cl2FN2. The Morgan fingerprint density at radius 2 is 2.29 bits per heavy atom. The molecule has 96 valence electrons. The van der Waals surface area contributed by atoms with E-state index in [0.717, 1.165) is 31.7 Å². The molecule has 1 saturated heterocycles. The largest absolute Gasteiger partial charge is 0.312 e. The first kappa shape index (κ1) is 14.7. The molecule has 1 atom stereocenters. The lowest BCUT2D eigenvalue weighted by Crippen LogP contribution is -2.48. The Kier molecular flexibility index (Phi) is 5.67. The van der Waals surface area contributed by atoms with Crippen LogP contribution in [0.25, 0.3) is 0 Å². The Morgan fingerprint density at radius 1 is 1.53 bits per heavy atom. The third-order valence-corrected chi connectivity index (χ3v) is 3.15. The highest BCUT2D eigenvalue weighted by molar-refractivity contribution is 6.30. The number of hydrogen-bond donors (Lipinski definition) is 1. The minimum atomic E-state index is -0.331. The van der Waals surface area contributed by atoms with Crippen LogP contribution in [0, 0.1) is 5.82 Å². The normalized spacial score (nSPS) is 21.0. The number of nitrogens with zero attached hydrogens (tertiary/aromatic N) is 1. The smallest absolute Gasteiger partial charge is 0.142 e. The van der Waals surface area contributed by atoms with Crippen molar-refractivity contribution in [2.75, 3.05) is 19.6 Å². The van der Waals surface area contributed by atoms with Crippen molar-refractivity contribution >= 4 is 24.0 Å². The predicted octanol–water partition coefficient (Wildman–Crippen LogP) is 2.69. The summed E-state index contributed by atoms with van der Waals surface area (Å²) in [4.78, 5) is 2.32. The van der Waals surface area contributed by atoms with Gasteiger partial charge in [-0.25, -0.2) is 4.39 Å². The molecule has 5 heteroatoms. The van der Waals surface area contributed by atoms with Crippen molar-refractivity contribution in [3.8, 4) is 0 Å². The maximum Gasteiger partial charge on any atom is 0.142 e. The van der Waals surface area contributed by atoms with Crippen LogP contribution in [-0.4, -0.2) is 30.6 Å². The van der Waals surface area contributed by atoms with Crippen LogP contribution in [0.5, 0.6) is 0 Å². The second kappa shape index (κ2) is 6.55. The third-order valence-electron chi connectivity index (χ3n) is 2.84. The van der Waals surface area contributed by atoms with Crippen LogP contribution in [0.15, 0.2) is 18.2 Å². The van der Waals surface area contributed by atoms with Gasteiger partial charge in [-0.1, -0.05) is 17.7 Å². The second-order valence-corrected chi connectivity index (χ2v) is 4.75. The summed E-state index contributed by atoms with van der Waals surface area (Å²) in [5.74, 6) is -0.331.